The third-order valence-corrected chi connectivity index (χ3v) is 2.31. The van der Waals surface area contributed by atoms with E-state index < -0.39 is 6.04 Å². The number of amides is 1. The number of carbonyl (C=O) groups excluding carboxylic acids is 1. The maximum absolute atomic E-state index is 11.5. The highest BCUT2D eigenvalue weighted by atomic mass is 16.5. The van der Waals surface area contributed by atoms with E-state index in [1.165, 1.54) is 0 Å². The molecule has 3 N–H and O–H groups in total. The number of rotatable bonds is 6. The minimum atomic E-state index is -0.528. The van der Waals surface area contributed by atoms with Crippen LogP contribution in [0.3, 0.4) is 0 Å². The number of hydrogen-bond acceptors (Lipinski definition) is 4. The number of nitrogens with one attached hydrogen (secondary N) is 1. The van der Waals surface area contributed by atoms with E-state index in [1.807, 2.05) is 17.8 Å². The molecule has 6 nitrogen and oxygen atoms in total. The van der Waals surface area contributed by atoms with E-state index in [-0.39, 0.29) is 5.91 Å². The van der Waals surface area contributed by atoms with Gasteiger partial charge in [0.15, 0.2) is 0 Å². The van der Waals surface area contributed by atoms with Crippen molar-refractivity contribution in [3.63, 3.8) is 0 Å². The second-order valence-electron chi connectivity index (χ2n) is 3.56. The standard InChI is InChI=1S/C10H18N4O2/c1-14-5-4-12-9(14)7-13-10(15)8(11)3-6-16-2/h4-5,8H,3,6-7,11H2,1-2H3,(H,13,15). The summed E-state index contributed by atoms with van der Waals surface area (Å²) < 4.78 is 6.70. The quantitative estimate of drug-likeness (QED) is 0.678. The number of ether oxygens (including phenoxy) is 1. The van der Waals surface area contributed by atoms with Crippen molar-refractivity contribution in [2.45, 2.75) is 19.0 Å². The number of nitrogens with two attached hydrogens (primary N) is 1. The van der Waals surface area contributed by atoms with Crippen LogP contribution in [0.4, 0.5) is 0 Å². The Morgan fingerprint density at radius 1 is 1.75 bits per heavy atom. The van der Waals surface area contributed by atoms with Crippen LogP contribution in [0.2, 0.25) is 0 Å². The molecule has 0 bridgehead atoms. The number of aromatic nitrogens is 2. The summed E-state index contributed by atoms with van der Waals surface area (Å²) in [6, 6.07) is -0.528. The summed E-state index contributed by atoms with van der Waals surface area (Å²) in [5, 5.41) is 2.73. The van der Waals surface area contributed by atoms with Crippen molar-refractivity contribution in [1.82, 2.24) is 14.9 Å². The van der Waals surface area contributed by atoms with Gasteiger partial charge in [0, 0.05) is 33.2 Å². The van der Waals surface area contributed by atoms with Gasteiger partial charge >= 0.3 is 0 Å². The molecule has 16 heavy (non-hydrogen) atoms. The van der Waals surface area contributed by atoms with Crippen molar-refractivity contribution >= 4 is 5.91 Å². The summed E-state index contributed by atoms with van der Waals surface area (Å²) in [4.78, 5) is 15.6. The molecule has 1 aromatic heterocycles. The molecule has 1 amide bonds. The largest absolute Gasteiger partial charge is 0.385 e. The van der Waals surface area contributed by atoms with Crippen LogP contribution in [0.15, 0.2) is 12.4 Å². The predicted molar refractivity (Wildman–Crippen MR) is 59.5 cm³/mol. The van der Waals surface area contributed by atoms with Gasteiger partial charge in [0.05, 0.1) is 12.6 Å². The highest BCUT2D eigenvalue weighted by Crippen LogP contribution is 1.94. The molecule has 0 fully saturated rings. The van der Waals surface area contributed by atoms with Gasteiger partial charge in [0.25, 0.3) is 0 Å². The molecule has 6 heteroatoms. The van der Waals surface area contributed by atoms with Gasteiger partial charge in [-0.25, -0.2) is 4.98 Å². The minimum absolute atomic E-state index is 0.181. The van der Waals surface area contributed by atoms with Crippen LogP contribution >= 0.6 is 0 Å². The number of imidazole rings is 1. The van der Waals surface area contributed by atoms with E-state index in [4.69, 9.17) is 10.5 Å². The van der Waals surface area contributed by atoms with Crippen molar-refractivity contribution in [2.75, 3.05) is 13.7 Å². The number of carbonyl (C=O) groups is 1. The average Bonchev–Trinajstić information content (AvgIpc) is 2.68. The average molecular weight is 226 g/mol. The fraction of sp³-hybridized carbons (Fsp3) is 0.600. The summed E-state index contributed by atoms with van der Waals surface area (Å²) >= 11 is 0. The minimum Gasteiger partial charge on any atom is -0.385 e. The van der Waals surface area contributed by atoms with E-state index in [0.717, 1.165) is 5.82 Å². The fourth-order valence-corrected chi connectivity index (χ4v) is 1.24. The van der Waals surface area contributed by atoms with Crippen LogP contribution in [-0.4, -0.2) is 35.2 Å². The van der Waals surface area contributed by atoms with Gasteiger partial charge < -0.3 is 20.4 Å². The van der Waals surface area contributed by atoms with Gasteiger partial charge in [0.2, 0.25) is 5.91 Å². The first kappa shape index (κ1) is 12.7. The Hall–Kier alpha value is -1.40. The molecule has 1 heterocycles. The molecule has 0 aliphatic carbocycles. The van der Waals surface area contributed by atoms with Gasteiger partial charge in [-0.1, -0.05) is 0 Å². The monoisotopic (exact) mass is 226 g/mol. The lowest BCUT2D eigenvalue weighted by Gasteiger charge is -2.11. The zero-order valence-electron chi connectivity index (χ0n) is 9.64. The van der Waals surface area contributed by atoms with Gasteiger partial charge in [-0.15, -0.1) is 0 Å². The second kappa shape index (κ2) is 6.24. The first-order valence-electron chi connectivity index (χ1n) is 5.13. The molecule has 0 saturated carbocycles. The van der Waals surface area contributed by atoms with Crippen molar-refractivity contribution in [2.24, 2.45) is 12.8 Å². The Balaban J connectivity index is 2.32. The number of nitrogens with zero attached hydrogens (tertiary/aromatic N) is 2. The predicted octanol–water partition coefficient (Wildman–Crippen LogP) is -0.600. The molecule has 0 aliphatic rings. The lowest BCUT2D eigenvalue weighted by atomic mass is 10.2. The first-order valence-corrected chi connectivity index (χ1v) is 5.13. The highest BCUT2D eigenvalue weighted by Gasteiger charge is 2.13. The van der Waals surface area contributed by atoms with Gasteiger partial charge in [-0.3, -0.25) is 4.79 Å². The lowest BCUT2D eigenvalue weighted by Crippen LogP contribution is -2.41. The number of hydrogen-bond donors (Lipinski definition) is 2. The maximum atomic E-state index is 11.5. The molecule has 1 atom stereocenters. The van der Waals surface area contributed by atoms with Gasteiger partial charge in [-0.05, 0) is 6.42 Å². The van der Waals surface area contributed by atoms with Crippen LogP contribution in [0, 0.1) is 0 Å². The topological polar surface area (TPSA) is 82.2 Å². The molecule has 1 unspecified atom stereocenters. The zero-order valence-corrected chi connectivity index (χ0v) is 9.64. The van der Waals surface area contributed by atoms with E-state index in [1.54, 1.807) is 13.3 Å². The van der Waals surface area contributed by atoms with Crippen LogP contribution < -0.4 is 11.1 Å². The van der Waals surface area contributed by atoms with Crippen molar-refractivity contribution in [3.8, 4) is 0 Å². The molecular weight excluding hydrogens is 208 g/mol. The molecule has 0 aromatic carbocycles. The molecule has 0 saturated heterocycles. The summed E-state index contributed by atoms with van der Waals surface area (Å²) in [5.41, 5.74) is 5.66. The Kier molecular flexibility index (Phi) is 4.94. The zero-order chi connectivity index (χ0) is 12.0. The lowest BCUT2D eigenvalue weighted by molar-refractivity contribution is -0.122. The van der Waals surface area contributed by atoms with Crippen molar-refractivity contribution < 1.29 is 9.53 Å². The molecule has 1 rings (SSSR count). The smallest absolute Gasteiger partial charge is 0.237 e. The molecular formula is C10H18N4O2. The van der Waals surface area contributed by atoms with Crippen LogP contribution in [0.25, 0.3) is 0 Å². The van der Waals surface area contributed by atoms with Gasteiger partial charge in [-0.2, -0.15) is 0 Å². The third kappa shape index (κ3) is 3.63. The molecule has 0 spiro atoms. The van der Waals surface area contributed by atoms with E-state index >= 15 is 0 Å². The summed E-state index contributed by atoms with van der Waals surface area (Å²) in [6.45, 7) is 0.875. The Morgan fingerprint density at radius 2 is 2.50 bits per heavy atom. The van der Waals surface area contributed by atoms with Crippen LogP contribution in [0.5, 0.6) is 0 Å². The maximum Gasteiger partial charge on any atom is 0.237 e. The Morgan fingerprint density at radius 3 is 3.06 bits per heavy atom. The Labute approximate surface area is 94.8 Å². The first-order chi connectivity index (χ1) is 7.65. The molecule has 0 radical (unpaired) electrons. The highest BCUT2D eigenvalue weighted by molar-refractivity contribution is 5.81. The molecule has 0 aliphatic heterocycles. The molecule has 1 aromatic rings. The van der Waals surface area contributed by atoms with Gasteiger partial charge in [0.1, 0.15) is 5.82 Å². The normalized spacial score (nSPS) is 12.4. The van der Waals surface area contributed by atoms with Crippen molar-refractivity contribution in [3.05, 3.63) is 18.2 Å². The summed E-state index contributed by atoms with van der Waals surface area (Å²) in [5.74, 6) is 0.618. The summed E-state index contributed by atoms with van der Waals surface area (Å²) in [6.07, 6.45) is 4.03. The van der Waals surface area contributed by atoms with Crippen LogP contribution in [0.1, 0.15) is 12.2 Å². The van der Waals surface area contributed by atoms with E-state index in [2.05, 4.69) is 10.3 Å². The fourth-order valence-electron chi connectivity index (χ4n) is 1.24. The van der Waals surface area contributed by atoms with Crippen molar-refractivity contribution in [1.29, 1.82) is 0 Å². The SMILES string of the molecule is COCCC(N)C(=O)NCc1nccn1C. The number of aryl methyl sites for hydroxylation is 1. The third-order valence-electron chi connectivity index (χ3n) is 2.31. The second-order valence-corrected chi connectivity index (χ2v) is 3.56. The molecule has 90 valence electrons. The van der Waals surface area contributed by atoms with E-state index in [9.17, 15) is 4.79 Å². The van der Waals surface area contributed by atoms with Crippen LogP contribution in [-0.2, 0) is 23.1 Å². The van der Waals surface area contributed by atoms with E-state index in [0.29, 0.717) is 19.6 Å². The number of methoxy groups -OCH3 is 1. The Bertz CT molecular complexity index is 337. The summed E-state index contributed by atoms with van der Waals surface area (Å²) in [7, 11) is 3.46.